The van der Waals surface area contributed by atoms with Gasteiger partial charge in [-0.05, 0) is 26.2 Å². The minimum absolute atomic E-state index is 0.0251. The third kappa shape index (κ3) is 3.79. The molecule has 1 fully saturated rings. The Bertz CT molecular complexity index is 782. The van der Waals surface area contributed by atoms with E-state index < -0.39 is 34.8 Å². The largest absolute Gasteiger partial charge is 0.481 e. The molecule has 0 unspecified atom stereocenters. The van der Waals surface area contributed by atoms with Crippen LogP contribution in [0.4, 0.5) is 0 Å². The lowest BCUT2D eigenvalue weighted by Crippen LogP contribution is -2.35. The lowest BCUT2D eigenvalue weighted by molar-refractivity contribution is -0.142. The van der Waals surface area contributed by atoms with Gasteiger partial charge in [-0.2, -0.15) is 0 Å². The summed E-state index contributed by atoms with van der Waals surface area (Å²) in [5.74, 6) is -3.81. The topological polar surface area (TPSA) is 117 Å². The van der Waals surface area contributed by atoms with Crippen LogP contribution in [0.3, 0.4) is 0 Å². The van der Waals surface area contributed by atoms with Crippen molar-refractivity contribution in [3.05, 3.63) is 33.7 Å². The summed E-state index contributed by atoms with van der Waals surface area (Å²) < 4.78 is 1.51. The molecule has 2 N–H and O–H groups in total. The zero-order valence-corrected chi connectivity index (χ0v) is 15.1. The lowest BCUT2D eigenvalue weighted by atomic mass is 9.92. The molecular formula is C18H24N2O6. The molecule has 0 aliphatic carbocycles. The zero-order chi connectivity index (χ0) is 19.6. The first-order chi connectivity index (χ1) is 12.2. The van der Waals surface area contributed by atoms with Crippen LogP contribution in [-0.2, 0) is 4.79 Å². The lowest BCUT2D eigenvalue weighted by Gasteiger charge is -2.18. The van der Waals surface area contributed by atoms with E-state index in [1.807, 2.05) is 6.92 Å². The van der Waals surface area contributed by atoms with Gasteiger partial charge in [0.15, 0.2) is 0 Å². The molecule has 2 heterocycles. The van der Waals surface area contributed by atoms with Gasteiger partial charge >= 0.3 is 11.9 Å². The number of aromatic carboxylic acids is 1. The number of rotatable bonds is 6. The number of pyridine rings is 1. The highest BCUT2D eigenvalue weighted by Crippen LogP contribution is 2.28. The van der Waals surface area contributed by atoms with Crippen molar-refractivity contribution in [2.24, 2.45) is 11.8 Å². The zero-order valence-electron chi connectivity index (χ0n) is 15.1. The molecule has 1 aromatic rings. The number of carboxylic acid groups (broad SMARTS) is 2. The van der Waals surface area contributed by atoms with Crippen molar-refractivity contribution in [2.45, 2.75) is 39.7 Å². The van der Waals surface area contributed by atoms with Crippen molar-refractivity contribution >= 4 is 17.8 Å². The number of carbonyl (C=O) groups excluding carboxylic acids is 1. The maximum absolute atomic E-state index is 12.9. The summed E-state index contributed by atoms with van der Waals surface area (Å²) in [5, 5.41) is 18.6. The molecule has 0 spiro atoms. The molecule has 26 heavy (non-hydrogen) atoms. The van der Waals surface area contributed by atoms with E-state index in [1.54, 1.807) is 13.8 Å². The van der Waals surface area contributed by atoms with Crippen molar-refractivity contribution < 1.29 is 24.6 Å². The molecule has 2 rings (SSSR count). The highest BCUT2D eigenvalue weighted by atomic mass is 16.4. The van der Waals surface area contributed by atoms with Crippen LogP contribution in [-0.4, -0.2) is 50.6 Å². The molecule has 142 valence electrons. The summed E-state index contributed by atoms with van der Waals surface area (Å²) in [6.07, 6.45) is 4.04. The predicted molar refractivity (Wildman–Crippen MR) is 93.5 cm³/mol. The fourth-order valence-electron chi connectivity index (χ4n) is 3.35. The number of carboxylic acids is 2. The van der Waals surface area contributed by atoms with Crippen LogP contribution in [0.15, 0.2) is 17.2 Å². The van der Waals surface area contributed by atoms with Crippen molar-refractivity contribution in [1.82, 2.24) is 9.47 Å². The Hall–Kier alpha value is -2.64. The molecule has 1 aliphatic rings. The minimum Gasteiger partial charge on any atom is -0.481 e. The number of aliphatic carboxylic acids is 1. The van der Waals surface area contributed by atoms with Gasteiger partial charge in [0.2, 0.25) is 5.43 Å². The second-order valence-corrected chi connectivity index (χ2v) is 6.96. The van der Waals surface area contributed by atoms with Crippen LogP contribution >= 0.6 is 0 Å². The maximum Gasteiger partial charge on any atom is 0.341 e. The molecule has 0 bridgehead atoms. The van der Waals surface area contributed by atoms with Gasteiger partial charge in [0.05, 0.1) is 5.92 Å². The molecule has 1 aliphatic heterocycles. The predicted octanol–water partition coefficient (Wildman–Crippen LogP) is 1.70. The Morgan fingerprint density at radius 2 is 1.77 bits per heavy atom. The first-order valence-corrected chi connectivity index (χ1v) is 8.68. The second-order valence-electron chi connectivity index (χ2n) is 6.96. The Morgan fingerprint density at radius 3 is 2.27 bits per heavy atom. The van der Waals surface area contributed by atoms with Gasteiger partial charge in [-0.3, -0.25) is 14.4 Å². The number of hydrogen-bond donors (Lipinski definition) is 2. The van der Waals surface area contributed by atoms with Crippen LogP contribution in [0.1, 0.15) is 60.4 Å². The number of amides is 1. The van der Waals surface area contributed by atoms with Gasteiger partial charge in [-0.15, -0.1) is 0 Å². The normalized spacial score (nSPS) is 19.8. The van der Waals surface area contributed by atoms with E-state index in [1.165, 1.54) is 21.9 Å². The van der Waals surface area contributed by atoms with E-state index in [-0.39, 0.29) is 30.6 Å². The fraction of sp³-hybridized carbons (Fsp3) is 0.556. The van der Waals surface area contributed by atoms with E-state index in [0.29, 0.717) is 6.42 Å². The van der Waals surface area contributed by atoms with E-state index in [4.69, 9.17) is 0 Å². The number of aromatic nitrogens is 1. The van der Waals surface area contributed by atoms with Crippen molar-refractivity contribution in [2.75, 3.05) is 13.1 Å². The van der Waals surface area contributed by atoms with E-state index in [9.17, 15) is 29.4 Å². The van der Waals surface area contributed by atoms with Gasteiger partial charge in [-0.1, -0.05) is 13.3 Å². The summed E-state index contributed by atoms with van der Waals surface area (Å²) in [5.41, 5.74) is -1.55. The average Bonchev–Trinajstić information content (AvgIpc) is 2.98. The van der Waals surface area contributed by atoms with Gasteiger partial charge in [0, 0.05) is 31.5 Å². The van der Waals surface area contributed by atoms with Crippen LogP contribution in [0.5, 0.6) is 0 Å². The molecule has 0 aromatic carbocycles. The quantitative estimate of drug-likeness (QED) is 0.793. The molecule has 8 heteroatoms. The Kier molecular flexibility index (Phi) is 5.84. The number of likely N-dealkylation sites (tertiary alicyclic amines) is 1. The van der Waals surface area contributed by atoms with Crippen LogP contribution in [0.25, 0.3) is 0 Å². The van der Waals surface area contributed by atoms with E-state index in [0.717, 1.165) is 6.42 Å². The third-order valence-electron chi connectivity index (χ3n) is 4.81. The first-order valence-electron chi connectivity index (χ1n) is 8.68. The Labute approximate surface area is 151 Å². The Morgan fingerprint density at radius 1 is 1.15 bits per heavy atom. The SMILES string of the molecule is CCC[C@H]1CN(C(=O)c2cn(C(C)C)cc(C(=O)O)c2=O)C[C@@H]1C(=O)O. The number of carbonyl (C=O) groups is 3. The standard InChI is InChI=1S/C18H24N2O6/c1-4-5-11-6-20(7-12(11)17(23)24)16(22)13-8-19(10(2)3)9-14(15(13)21)18(25)26/h8-12H,4-7H2,1-3H3,(H,23,24)(H,25,26)/t11-,12-/m0/s1. The summed E-state index contributed by atoms with van der Waals surface area (Å²) in [7, 11) is 0. The maximum atomic E-state index is 12.9. The van der Waals surface area contributed by atoms with Crippen LogP contribution < -0.4 is 5.43 Å². The van der Waals surface area contributed by atoms with E-state index in [2.05, 4.69) is 0 Å². The van der Waals surface area contributed by atoms with Gasteiger partial charge in [-0.25, -0.2) is 4.79 Å². The first kappa shape index (κ1) is 19.7. The van der Waals surface area contributed by atoms with Crippen LogP contribution in [0.2, 0.25) is 0 Å². The summed E-state index contributed by atoms with van der Waals surface area (Å²) in [4.78, 5) is 49.5. The monoisotopic (exact) mass is 364 g/mol. The minimum atomic E-state index is -1.40. The fourth-order valence-corrected chi connectivity index (χ4v) is 3.35. The highest BCUT2D eigenvalue weighted by molar-refractivity contribution is 5.97. The molecule has 1 amide bonds. The van der Waals surface area contributed by atoms with Crippen molar-refractivity contribution in [3.63, 3.8) is 0 Å². The van der Waals surface area contributed by atoms with Crippen LogP contribution in [0, 0.1) is 11.8 Å². The van der Waals surface area contributed by atoms with E-state index >= 15 is 0 Å². The molecule has 0 radical (unpaired) electrons. The summed E-state index contributed by atoms with van der Waals surface area (Å²) in [6, 6.07) is -0.140. The summed E-state index contributed by atoms with van der Waals surface area (Å²) >= 11 is 0. The number of nitrogens with zero attached hydrogens (tertiary/aromatic N) is 2. The van der Waals surface area contributed by atoms with Crippen molar-refractivity contribution in [1.29, 1.82) is 0 Å². The smallest absolute Gasteiger partial charge is 0.341 e. The second kappa shape index (κ2) is 7.72. The van der Waals surface area contributed by atoms with Gasteiger partial charge in [0.1, 0.15) is 11.1 Å². The third-order valence-corrected chi connectivity index (χ3v) is 4.81. The van der Waals surface area contributed by atoms with Gasteiger partial charge < -0.3 is 19.7 Å². The molecule has 2 atom stereocenters. The van der Waals surface area contributed by atoms with Gasteiger partial charge in [0.25, 0.3) is 5.91 Å². The Balaban J connectivity index is 2.42. The molecule has 0 saturated carbocycles. The number of hydrogen-bond acceptors (Lipinski definition) is 4. The van der Waals surface area contributed by atoms with Crippen molar-refractivity contribution in [3.8, 4) is 0 Å². The molecule has 1 saturated heterocycles. The molecular weight excluding hydrogens is 340 g/mol. The highest BCUT2D eigenvalue weighted by Gasteiger charge is 2.40. The molecule has 1 aromatic heterocycles. The average molecular weight is 364 g/mol. The summed E-state index contributed by atoms with van der Waals surface area (Å²) in [6.45, 7) is 5.83. The molecule has 8 nitrogen and oxygen atoms in total.